The van der Waals surface area contributed by atoms with Crippen LogP contribution in [0.25, 0.3) is 11.8 Å². The third-order valence-electron chi connectivity index (χ3n) is 5.99. The molecule has 0 saturated carbocycles. The largest absolute Gasteiger partial charge is 0.495 e. The molecule has 2 aromatic carbocycles. The van der Waals surface area contributed by atoms with Gasteiger partial charge >= 0.3 is 0 Å². The molecule has 0 saturated heterocycles. The molecule has 1 amide bonds. The Bertz CT molecular complexity index is 1230. The molecule has 6 nitrogen and oxygen atoms in total. The van der Waals surface area contributed by atoms with Gasteiger partial charge in [0.05, 0.1) is 30.4 Å². The van der Waals surface area contributed by atoms with Gasteiger partial charge < -0.3 is 9.30 Å². The summed E-state index contributed by atoms with van der Waals surface area (Å²) in [6, 6.07) is 12.2. The van der Waals surface area contributed by atoms with Crippen LogP contribution in [0.4, 0.5) is 4.39 Å². The van der Waals surface area contributed by atoms with Gasteiger partial charge in [0.2, 0.25) is 5.91 Å². The topological polar surface area (TPSA) is 59.7 Å². The summed E-state index contributed by atoms with van der Waals surface area (Å²) in [6.07, 6.45) is 8.10. The Morgan fingerprint density at radius 2 is 1.94 bits per heavy atom. The standard InChI is InChI=1S/C26H27FN4O2/c1-18-16-30(17-29-18)23-11-5-20(15-24(23)33-4)6-12-25-28-14-13-26(3,31(25)19(2)32)21-7-9-22(27)10-8-21/h5-12,15-17H,13-14H2,1-4H3. The van der Waals surface area contributed by atoms with Gasteiger partial charge in [0, 0.05) is 19.7 Å². The molecule has 0 spiro atoms. The fourth-order valence-corrected chi connectivity index (χ4v) is 4.28. The molecular weight excluding hydrogens is 419 g/mol. The normalized spacial score (nSPS) is 18.5. The Morgan fingerprint density at radius 3 is 2.58 bits per heavy atom. The monoisotopic (exact) mass is 446 g/mol. The van der Waals surface area contributed by atoms with Gasteiger partial charge in [-0.05, 0) is 61.7 Å². The van der Waals surface area contributed by atoms with Crippen molar-refractivity contribution in [2.45, 2.75) is 32.7 Å². The Morgan fingerprint density at radius 1 is 1.18 bits per heavy atom. The summed E-state index contributed by atoms with van der Waals surface area (Å²) in [5.74, 6) is 0.867. The average Bonchev–Trinajstić information content (AvgIpc) is 3.23. The first-order chi connectivity index (χ1) is 15.8. The number of halogens is 1. The molecule has 4 rings (SSSR count). The molecule has 1 unspecified atom stereocenters. The summed E-state index contributed by atoms with van der Waals surface area (Å²) in [5, 5.41) is 0. The first-order valence-electron chi connectivity index (χ1n) is 10.8. The Hall–Kier alpha value is -3.74. The van der Waals surface area contributed by atoms with Crippen LogP contribution in [-0.2, 0) is 10.3 Å². The van der Waals surface area contributed by atoms with E-state index in [4.69, 9.17) is 4.74 Å². The summed E-state index contributed by atoms with van der Waals surface area (Å²) in [4.78, 5) is 23.3. The zero-order chi connectivity index (χ0) is 23.6. The second-order valence-electron chi connectivity index (χ2n) is 8.31. The minimum atomic E-state index is -0.609. The maximum atomic E-state index is 13.5. The van der Waals surface area contributed by atoms with Crippen LogP contribution >= 0.6 is 0 Å². The first kappa shape index (κ1) is 22.5. The summed E-state index contributed by atoms with van der Waals surface area (Å²) in [6.45, 7) is 6.03. The minimum Gasteiger partial charge on any atom is -0.495 e. The summed E-state index contributed by atoms with van der Waals surface area (Å²) in [5.41, 5.74) is 2.99. The number of carbonyl (C=O) groups excluding carboxylic acids is 1. The van der Waals surface area contributed by atoms with Crippen LogP contribution in [0.2, 0.25) is 0 Å². The molecule has 0 aliphatic carbocycles. The number of aliphatic imine (C=N–C) groups is 1. The van der Waals surface area contributed by atoms with E-state index in [1.807, 2.05) is 55.0 Å². The van der Waals surface area contributed by atoms with Crippen LogP contribution in [0.3, 0.4) is 0 Å². The number of nitrogens with zero attached hydrogens (tertiary/aromatic N) is 4. The predicted octanol–water partition coefficient (Wildman–Crippen LogP) is 4.91. The van der Waals surface area contributed by atoms with E-state index in [1.165, 1.54) is 19.1 Å². The number of amides is 1. The molecule has 2 heterocycles. The number of ether oxygens (including phenoxy) is 1. The number of amidine groups is 1. The van der Waals surface area contributed by atoms with Crippen LogP contribution in [0.1, 0.15) is 37.1 Å². The van der Waals surface area contributed by atoms with Crippen molar-refractivity contribution in [2.75, 3.05) is 13.7 Å². The van der Waals surface area contributed by atoms with Crippen molar-refractivity contribution in [3.05, 3.63) is 83.7 Å². The van der Waals surface area contributed by atoms with Gasteiger partial charge in [0.15, 0.2) is 0 Å². The van der Waals surface area contributed by atoms with Crippen LogP contribution in [0, 0.1) is 12.7 Å². The lowest BCUT2D eigenvalue weighted by Gasteiger charge is -2.43. The number of carbonyl (C=O) groups is 1. The van der Waals surface area contributed by atoms with E-state index in [-0.39, 0.29) is 11.7 Å². The molecule has 170 valence electrons. The lowest BCUT2D eigenvalue weighted by molar-refractivity contribution is -0.129. The number of aromatic nitrogens is 2. The van der Waals surface area contributed by atoms with E-state index >= 15 is 0 Å². The highest BCUT2D eigenvalue weighted by Crippen LogP contribution is 2.36. The summed E-state index contributed by atoms with van der Waals surface area (Å²) < 4.78 is 21.0. The molecule has 3 aromatic rings. The van der Waals surface area contributed by atoms with Gasteiger partial charge in [0.25, 0.3) is 0 Å². The lowest BCUT2D eigenvalue weighted by Crippen LogP contribution is -2.52. The van der Waals surface area contributed by atoms with Crippen molar-refractivity contribution in [3.8, 4) is 11.4 Å². The quantitative estimate of drug-likeness (QED) is 0.560. The number of hydrogen-bond acceptors (Lipinski definition) is 4. The van der Waals surface area contributed by atoms with Gasteiger partial charge in [0.1, 0.15) is 17.4 Å². The zero-order valence-corrected chi connectivity index (χ0v) is 19.2. The number of methoxy groups -OCH3 is 1. The van der Waals surface area contributed by atoms with Crippen molar-refractivity contribution < 1.29 is 13.9 Å². The Balaban J connectivity index is 1.65. The van der Waals surface area contributed by atoms with Crippen LogP contribution in [-0.4, -0.2) is 39.8 Å². The van der Waals surface area contributed by atoms with Gasteiger partial charge in [-0.1, -0.05) is 24.3 Å². The van der Waals surface area contributed by atoms with Crippen molar-refractivity contribution in [3.63, 3.8) is 0 Å². The molecule has 33 heavy (non-hydrogen) atoms. The molecule has 1 atom stereocenters. The van der Waals surface area contributed by atoms with Gasteiger partial charge in [-0.3, -0.25) is 14.7 Å². The Labute approximate surface area is 193 Å². The molecule has 1 aromatic heterocycles. The highest BCUT2D eigenvalue weighted by molar-refractivity contribution is 6.06. The highest BCUT2D eigenvalue weighted by atomic mass is 19.1. The molecule has 0 N–H and O–H groups in total. The number of rotatable bonds is 5. The molecule has 7 heteroatoms. The summed E-state index contributed by atoms with van der Waals surface area (Å²) >= 11 is 0. The molecule has 1 aliphatic heterocycles. The van der Waals surface area contributed by atoms with Gasteiger partial charge in [-0.25, -0.2) is 9.37 Å². The van der Waals surface area contributed by atoms with E-state index in [9.17, 15) is 9.18 Å². The van der Waals surface area contributed by atoms with Crippen LogP contribution in [0.15, 0.2) is 66.1 Å². The fourth-order valence-electron chi connectivity index (χ4n) is 4.28. The lowest BCUT2D eigenvalue weighted by atomic mass is 9.85. The molecule has 1 aliphatic rings. The predicted molar refractivity (Wildman–Crippen MR) is 127 cm³/mol. The van der Waals surface area contributed by atoms with Gasteiger partial charge in [-0.2, -0.15) is 0 Å². The second kappa shape index (κ2) is 9.02. The van der Waals surface area contributed by atoms with E-state index in [0.717, 1.165) is 22.5 Å². The van der Waals surface area contributed by atoms with Crippen LogP contribution < -0.4 is 4.74 Å². The summed E-state index contributed by atoms with van der Waals surface area (Å²) in [7, 11) is 1.63. The Kier molecular flexibility index (Phi) is 6.14. The van der Waals surface area contributed by atoms with E-state index in [2.05, 4.69) is 9.98 Å². The maximum absolute atomic E-state index is 13.5. The van der Waals surface area contributed by atoms with E-state index in [0.29, 0.717) is 24.6 Å². The van der Waals surface area contributed by atoms with Crippen molar-refractivity contribution in [1.82, 2.24) is 14.5 Å². The van der Waals surface area contributed by atoms with Crippen molar-refractivity contribution in [1.29, 1.82) is 0 Å². The third-order valence-corrected chi connectivity index (χ3v) is 5.99. The molecular formula is C26H27FN4O2. The first-order valence-corrected chi connectivity index (χ1v) is 10.8. The fraction of sp³-hybridized carbons (Fsp3) is 0.269. The van der Waals surface area contributed by atoms with Gasteiger partial charge in [-0.15, -0.1) is 0 Å². The zero-order valence-electron chi connectivity index (χ0n) is 19.2. The van der Waals surface area contributed by atoms with Crippen molar-refractivity contribution >= 4 is 17.8 Å². The smallest absolute Gasteiger partial charge is 0.225 e. The maximum Gasteiger partial charge on any atom is 0.225 e. The minimum absolute atomic E-state index is 0.117. The molecule has 0 fully saturated rings. The number of aryl methyl sites for hydroxylation is 1. The number of hydrogen-bond donors (Lipinski definition) is 0. The second-order valence-corrected chi connectivity index (χ2v) is 8.31. The number of benzene rings is 2. The number of imidazole rings is 1. The van der Waals surface area contributed by atoms with E-state index in [1.54, 1.807) is 30.5 Å². The van der Waals surface area contributed by atoms with Crippen LogP contribution in [0.5, 0.6) is 5.75 Å². The highest BCUT2D eigenvalue weighted by Gasteiger charge is 2.39. The molecule has 0 bridgehead atoms. The SMILES string of the molecule is COc1cc(C=CC2=NCCC(C)(c3ccc(F)cc3)N2C(C)=O)ccc1-n1cnc(C)c1. The molecule has 0 radical (unpaired) electrons. The van der Waals surface area contributed by atoms with E-state index < -0.39 is 5.54 Å². The average molecular weight is 447 g/mol. The van der Waals surface area contributed by atoms with Crippen molar-refractivity contribution in [2.24, 2.45) is 4.99 Å². The third kappa shape index (κ3) is 4.44.